The summed E-state index contributed by atoms with van der Waals surface area (Å²) in [6.07, 6.45) is 0.759. The average molecular weight is 446 g/mol. The van der Waals surface area contributed by atoms with Crippen molar-refractivity contribution in [1.29, 1.82) is 0 Å². The maximum atomic E-state index is 13.5. The second-order valence-electron chi connectivity index (χ2n) is 7.62. The predicted octanol–water partition coefficient (Wildman–Crippen LogP) is 4.09. The topological polar surface area (TPSA) is 85.1 Å². The minimum atomic E-state index is -0.434. The second kappa shape index (κ2) is 9.12. The van der Waals surface area contributed by atoms with E-state index in [0.717, 1.165) is 12.0 Å². The molecule has 7 nitrogen and oxygen atoms in total. The van der Waals surface area contributed by atoms with Crippen LogP contribution in [-0.2, 0) is 22.6 Å². The molecular formula is C25H23FN4O3. The fourth-order valence-electron chi connectivity index (χ4n) is 3.82. The van der Waals surface area contributed by atoms with Gasteiger partial charge in [0.15, 0.2) is 0 Å². The first-order chi connectivity index (χ1) is 15.9. The van der Waals surface area contributed by atoms with Crippen LogP contribution in [0.2, 0.25) is 0 Å². The van der Waals surface area contributed by atoms with Crippen LogP contribution in [0.1, 0.15) is 19.4 Å². The van der Waals surface area contributed by atoms with E-state index in [1.807, 2.05) is 31.2 Å². The van der Waals surface area contributed by atoms with Crippen molar-refractivity contribution in [3.8, 4) is 5.69 Å². The van der Waals surface area contributed by atoms with Gasteiger partial charge in [0.2, 0.25) is 11.8 Å². The number of carbonyl (C=O) groups excluding carboxylic acids is 2. The highest BCUT2D eigenvalue weighted by atomic mass is 19.1. The maximum absolute atomic E-state index is 13.5. The lowest BCUT2D eigenvalue weighted by molar-refractivity contribution is -0.117. The fourth-order valence-corrected chi connectivity index (χ4v) is 3.82. The Hall–Kier alpha value is -4.20. The Morgan fingerprint density at radius 3 is 2.39 bits per heavy atom. The van der Waals surface area contributed by atoms with Crippen molar-refractivity contribution in [2.24, 2.45) is 0 Å². The lowest BCUT2D eigenvalue weighted by Crippen LogP contribution is -2.27. The molecule has 2 amide bonds. The summed E-state index contributed by atoms with van der Waals surface area (Å²) in [7, 11) is 0. The molecular weight excluding hydrogens is 423 g/mol. The molecule has 3 aromatic carbocycles. The number of hydrogen-bond donors (Lipinski definition) is 2. The monoisotopic (exact) mass is 446 g/mol. The van der Waals surface area contributed by atoms with Gasteiger partial charge in [-0.15, -0.1) is 0 Å². The Morgan fingerprint density at radius 2 is 1.70 bits per heavy atom. The smallest absolute Gasteiger partial charge is 0.279 e. The zero-order chi connectivity index (χ0) is 23.5. The van der Waals surface area contributed by atoms with Crippen molar-refractivity contribution < 1.29 is 14.0 Å². The number of aryl methyl sites for hydroxylation is 1. The molecule has 0 aliphatic carbocycles. The molecule has 1 aromatic heterocycles. The number of anilines is 2. The van der Waals surface area contributed by atoms with E-state index in [0.29, 0.717) is 28.0 Å². The number of halogens is 1. The minimum Gasteiger partial charge on any atom is -0.326 e. The molecule has 0 bridgehead atoms. The summed E-state index contributed by atoms with van der Waals surface area (Å²) in [5.41, 5.74) is 2.73. The zero-order valence-electron chi connectivity index (χ0n) is 18.3. The largest absolute Gasteiger partial charge is 0.326 e. The molecule has 0 aliphatic heterocycles. The first-order valence-corrected chi connectivity index (χ1v) is 10.5. The Bertz CT molecular complexity index is 1400. The molecule has 168 valence electrons. The van der Waals surface area contributed by atoms with E-state index in [-0.39, 0.29) is 23.9 Å². The Morgan fingerprint density at radius 1 is 0.970 bits per heavy atom. The molecule has 0 fully saturated rings. The van der Waals surface area contributed by atoms with Gasteiger partial charge in [0, 0.05) is 18.3 Å². The number of fused-ring (bicyclic) bond motifs is 1. The highest BCUT2D eigenvalue weighted by Crippen LogP contribution is 2.21. The highest BCUT2D eigenvalue weighted by Gasteiger charge is 2.18. The molecule has 4 rings (SSSR count). The maximum Gasteiger partial charge on any atom is 0.279 e. The van der Waals surface area contributed by atoms with Crippen LogP contribution >= 0.6 is 0 Å². The fraction of sp³-hybridized carbons (Fsp3) is 0.160. The van der Waals surface area contributed by atoms with Crippen molar-refractivity contribution >= 4 is 34.1 Å². The molecule has 0 saturated carbocycles. The summed E-state index contributed by atoms with van der Waals surface area (Å²) in [6, 6.07) is 17.9. The van der Waals surface area contributed by atoms with Gasteiger partial charge in [-0.2, -0.15) is 0 Å². The predicted molar refractivity (Wildman–Crippen MR) is 126 cm³/mol. The molecule has 0 saturated heterocycles. The van der Waals surface area contributed by atoms with Crippen LogP contribution in [0, 0.1) is 5.82 Å². The first-order valence-electron chi connectivity index (χ1n) is 10.5. The number of amides is 2. The molecule has 33 heavy (non-hydrogen) atoms. The third-order valence-corrected chi connectivity index (χ3v) is 5.30. The van der Waals surface area contributed by atoms with E-state index in [2.05, 4.69) is 10.6 Å². The molecule has 0 unspecified atom stereocenters. The minimum absolute atomic E-state index is 0.145. The van der Waals surface area contributed by atoms with Crippen LogP contribution in [0.4, 0.5) is 15.8 Å². The Balaban J connectivity index is 1.80. The van der Waals surface area contributed by atoms with Gasteiger partial charge in [-0.3, -0.25) is 19.1 Å². The summed E-state index contributed by atoms with van der Waals surface area (Å²) in [5, 5.41) is 5.90. The van der Waals surface area contributed by atoms with Gasteiger partial charge in [0.1, 0.15) is 12.4 Å². The van der Waals surface area contributed by atoms with Crippen LogP contribution in [0.15, 0.2) is 71.5 Å². The summed E-state index contributed by atoms with van der Waals surface area (Å²) < 4.78 is 16.4. The second-order valence-corrected chi connectivity index (χ2v) is 7.62. The van der Waals surface area contributed by atoms with Gasteiger partial charge in [-0.05, 0) is 60.5 Å². The lowest BCUT2D eigenvalue weighted by atomic mass is 10.1. The van der Waals surface area contributed by atoms with Gasteiger partial charge in [0.25, 0.3) is 5.56 Å². The molecule has 1 heterocycles. The average Bonchev–Trinajstić information content (AvgIpc) is 3.05. The summed E-state index contributed by atoms with van der Waals surface area (Å²) in [5.74, 6) is -1.01. The normalized spacial score (nSPS) is 10.9. The van der Waals surface area contributed by atoms with Crippen LogP contribution in [0.3, 0.4) is 0 Å². The quantitative estimate of drug-likeness (QED) is 0.468. The zero-order valence-corrected chi connectivity index (χ0v) is 18.3. The van der Waals surface area contributed by atoms with Gasteiger partial charge in [-0.1, -0.05) is 25.1 Å². The number of rotatable bonds is 6. The third kappa shape index (κ3) is 4.55. The van der Waals surface area contributed by atoms with Crippen LogP contribution in [0.5, 0.6) is 0 Å². The SMILES string of the molecule is CCc1ccccc1NC(=O)Cn1c2ccc(NC(C)=O)cc2c(=O)n1-c1ccc(F)cc1. The van der Waals surface area contributed by atoms with Crippen LogP contribution in [-0.4, -0.2) is 21.2 Å². The molecule has 0 atom stereocenters. The summed E-state index contributed by atoms with van der Waals surface area (Å²) in [6.45, 7) is 3.24. The summed E-state index contributed by atoms with van der Waals surface area (Å²) in [4.78, 5) is 37.7. The number of hydrogen-bond acceptors (Lipinski definition) is 3. The molecule has 0 spiro atoms. The molecule has 8 heteroatoms. The number of para-hydroxylation sites is 1. The number of nitrogens with zero attached hydrogens (tertiary/aromatic N) is 2. The van der Waals surface area contributed by atoms with Crippen molar-refractivity contribution in [3.05, 3.63) is 88.5 Å². The molecule has 0 radical (unpaired) electrons. The lowest BCUT2D eigenvalue weighted by Gasteiger charge is -2.14. The first kappa shape index (κ1) is 22.0. The van der Waals surface area contributed by atoms with E-state index in [1.54, 1.807) is 22.9 Å². The van der Waals surface area contributed by atoms with Crippen molar-refractivity contribution in [1.82, 2.24) is 9.36 Å². The van der Waals surface area contributed by atoms with Gasteiger partial charge < -0.3 is 10.6 Å². The van der Waals surface area contributed by atoms with Crippen LogP contribution < -0.4 is 16.2 Å². The van der Waals surface area contributed by atoms with E-state index in [1.165, 1.54) is 35.9 Å². The van der Waals surface area contributed by atoms with Gasteiger partial charge in [-0.25, -0.2) is 9.07 Å². The van der Waals surface area contributed by atoms with E-state index in [4.69, 9.17) is 0 Å². The highest BCUT2D eigenvalue weighted by molar-refractivity contribution is 5.94. The summed E-state index contributed by atoms with van der Waals surface area (Å²) >= 11 is 0. The number of aromatic nitrogens is 2. The van der Waals surface area contributed by atoms with Gasteiger partial charge in [0.05, 0.1) is 16.6 Å². The third-order valence-electron chi connectivity index (χ3n) is 5.30. The van der Waals surface area contributed by atoms with Gasteiger partial charge >= 0.3 is 0 Å². The molecule has 2 N–H and O–H groups in total. The Labute approximate surface area is 189 Å². The van der Waals surface area contributed by atoms with E-state index in [9.17, 15) is 18.8 Å². The van der Waals surface area contributed by atoms with E-state index < -0.39 is 5.82 Å². The number of carbonyl (C=O) groups is 2. The Kier molecular flexibility index (Phi) is 6.08. The molecule has 4 aromatic rings. The standard InChI is InChI=1S/C25H23FN4O3/c1-3-17-6-4-5-7-22(17)28-24(32)15-29-23-13-10-19(27-16(2)31)14-21(23)25(33)30(29)20-11-8-18(26)9-12-20/h4-14H,3,15H2,1-2H3,(H,27,31)(H,28,32). The van der Waals surface area contributed by atoms with Crippen molar-refractivity contribution in [2.45, 2.75) is 26.8 Å². The van der Waals surface area contributed by atoms with Crippen molar-refractivity contribution in [2.75, 3.05) is 10.6 Å². The number of benzene rings is 3. The van der Waals surface area contributed by atoms with E-state index >= 15 is 0 Å². The van der Waals surface area contributed by atoms with Crippen LogP contribution in [0.25, 0.3) is 16.6 Å². The number of nitrogens with one attached hydrogen (secondary N) is 2. The molecule has 0 aliphatic rings. The van der Waals surface area contributed by atoms with Crippen molar-refractivity contribution in [3.63, 3.8) is 0 Å².